The third kappa shape index (κ3) is 3.23. The van der Waals surface area contributed by atoms with Crippen LogP contribution in [0.25, 0.3) is 16.6 Å². The van der Waals surface area contributed by atoms with Crippen LogP contribution in [0.15, 0.2) is 54.7 Å². The van der Waals surface area contributed by atoms with E-state index >= 15 is 0 Å². The summed E-state index contributed by atoms with van der Waals surface area (Å²) in [5.74, 6) is 0.444. The van der Waals surface area contributed by atoms with Crippen LogP contribution in [0.5, 0.6) is 5.75 Å². The highest BCUT2D eigenvalue weighted by Crippen LogP contribution is 2.24. The zero-order chi connectivity index (χ0) is 17.2. The standard InChI is InChI=1S/C20H20N2O3/c21-20(23)15-2-1-14-7-10-22(19(14)13-15)16-3-5-17(6-4-16)25-18-8-11-24-12-9-18/h1-7,10,13,18H,8-9,11-12H2,(H2,21,23). The molecule has 0 bridgehead atoms. The third-order valence-electron chi connectivity index (χ3n) is 4.56. The van der Waals surface area contributed by atoms with Crippen molar-refractivity contribution in [3.05, 3.63) is 60.3 Å². The van der Waals surface area contributed by atoms with E-state index in [0.29, 0.717) is 5.56 Å². The van der Waals surface area contributed by atoms with Crippen LogP contribution in [0.4, 0.5) is 0 Å². The third-order valence-corrected chi connectivity index (χ3v) is 4.56. The number of fused-ring (bicyclic) bond motifs is 1. The van der Waals surface area contributed by atoms with Gasteiger partial charge in [0.1, 0.15) is 11.9 Å². The molecule has 0 spiro atoms. The number of aromatic nitrogens is 1. The molecule has 25 heavy (non-hydrogen) atoms. The van der Waals surface area contributed by atoms with Gasteiger partial charge in [0.2, 0.25) is 5.91 Å². The Kier molecular flexibility index (Phi) is 4.15. The van der Waals surface area contributed by atoms with Crippen LogP contribution in [0, 0.1) is 0 Å². The van der Waals surface area contributed by atoms with Crippen LogP contribution in [0.3, 0.4) is 0 Å². The first kappa shape index (κ1) is 15.7. The Balaban J connectivity index is 1.60. The number of hydrogen-bond donors (Lipinski definition) is 1. The lowest BCUT2D eigenvalue weighted by Gasteiger charge is -2.23. The normalized spacial score (nSPS) is 15.4. The Labute approximate surface area is 146 Å². The highest BCUT2D eigenvalue weighted by Gasteiger charge is 2.15. The fourth-order valence-electron chi connectivity index (χ4n) is 3.18. The molecule has 0 aliphatic carbocycles. The molecular weight excluding hydrogens is 316 g/mol. The van der Waals surface area contributed by atoms with Crippen molar-refractivity contribution in [3.8, 4) is 11.4 Å². The number of ether oxygens (including phenoxy) is 2. The van der Waals surface area contributed by atoms with E-state index in [9.17, 15) is 4.79 Å². The summed E-state index contributed by atoms with van der Waals surface area (Å²) < 4.78 is 13.4. The van der Waals surface area contributed by atoms with Gasteiger partial charge in [-0.15, -0.1) is 0 Å². The first-order valence-corrected chi connectivity index (χ1v) is 8.46. The molecule has 1 aromatic heterocycles. The lowest BCUT2D eigenvalue weighted by atomic mass is 10.1. The molecule has 0 saturated carbocycles. The maximum atomic E-state index is 11.4. The van der Waals surface area contributed by atoms with Gasteiger partial charge in [-0.1, -0.05) is 6.07 Å². The van der Waals surface area contributed by atoms with Crippen molar-refractivity contribution in [2.45, 2.75) is 18.9 Å². The molecule has 1 aliphatic heterocycles. The largest absolute Gasteiger partial charge is 0.490 e. The molecule has 0 unspecified atom stereocenters. The topological polar surface area (TPSA) is 66.5 Å². The first-order chi connectivity index (χ1) is 12.2. The lowest BCUT2D eigenvalue weighted by Crippen LogP contribution is -2.25. The van der Waals surface area contributed by atoms with Crippen LogP contribution in [0.1, 0.15) is 23.2 Å². The van der Waals surface area contributed by atoms with Gasteiger partial charge in [0, 0.05) is 30.3 Å². The Bertz CT molecular complexity index is 893. The molecular formula is C20H20N2O3. The molecule has 5 nitrogen and oxygen atoms in total. The van der Waals surface area contributed by atoms with Gasteiger partial charge in [0.05, 0.1) is 18.7 Å². The van der Waals surface area contributed by atoms with E-state index in [0.717, 1.165) is 48.4 Å². The number of carbonyl (C=O) groups excluding carboxylic acids is 1. The van der Waals surface area contributed by atoms with E-state index in [2.05, 4.69) is 0 Å². The van der Waals surface area contributed by atoms with Crippen LogP contribution in [-0.2, 0) is 4.74 Å². The number of amides is 1. The second-order valence-electron chi connectivity index (χ2n) is 6.25. The van der Waals surface area contributed by atoms with Crippen molar-refractivity contribution in [1.82, 2.24) is 4.57 Å². The minimum Gasteiger partial charge on any atom is -0.490 e. The van der Waals surface area contributed by atoms with Gasteiger partial charge in [0.15, 0.2) is 0 Å². The summed E-state index contributed by atoms with van der Waals surface area (Å²) in [6, 6.07) is 15.5. The van der Waals surface area contributed by atoms with Crippen LogP contribution >= 0.6 is 0 Å². The molecule has 1 fully saturated rings. The molecule has 128 valence electrons. The zero-order valence-electron chi connectivity index (χ0n) is 13.9. The number of nitrogens with two attached hydrogens (primary N) is 1. The van der Waals surface area contributed by atoms with Crippen LogP contribution in [0.2, 0.25) is 0 Å². The van der Waals surface area contributed by atoms with Gasteiger partial charge in [-0.05, 0) is 47.9 Å². The van der Waals surface area contributed by atoms with E-state index < -0.39 is 5.91 Å². The molecule has 5 heteroatoms. The second-order valence-corrected chi connectivity index (χ2v) is 6.25. The second kappa shape index (κ2) is 6.61. The van der Waals surface area contributed by atoms with Crippen molar-refractivity contribution in [3.63, 3.8) is 0 Å². The quantitative estimate of drug-likeness (QED) is 0.795. The van der Waals surface area contributed by atoms with E-state index in [4.69, 9.17) is 15.2 Å². The van der Waals surface area contributed by atoms with Crippen molar-refractivity contribution in [2.75, 3.05) is 13.2 Å². The average molecular weight is 336 g/mol. The monoisotopic (exact) mass is 336 g/mol. The van der Waals surface area contributed by atoms with Gasteiger partial charge >= 0.3 is 0 Å². The van der Waals surface area contributed by atoms with Crippen LogP contribution in [-0.4, -0.2) is 29.8 Å². The minimum atomic E-state index is -0.421. The maximum Gasteiger partial charge on any atom is 0.248 e. The summed E-state index contributed by atoms with van der Waals surface area (Å²) in [5, 5.41) is 1.06. The summed E-state index contributed by atoms with van der Waals surface area (Å²) >= 11 is 0. The fraction of sp³-hybridized carbons (Fsp3) is 0.250. The predicted molar refractivity (Wildman–Crippen MR) is 96.3 cm³/mol. The SMILES string of the molecule is NC(=O)c1ccc2ccn(-c3ccc(OC4CCOCC4)cc3)c2c1. The Hall–Kier alpha value is -2.79. The highest BCUT2D eigenvalue weighted by atomic mass is 16.5. The first-order valence-electron chi connectivity index (χ1n) is 8.46. The molecule has 3 aromatic rings. The summed E-state index contributed by atoms with van der Waals surface area (Å²) in [5.41, 5.74) is 7.87. The average Bonchev–Trinajstić information content (AvgIpc) is 3.06. The van der Waals surface area contributed by atoms with Gasteiger partial charge in [0.25, 0.3) is 0 Å². The number of carbonyl (C=O) groups is 1. The van der Waals surface area contributed by atoms with Crippen molar-refractivity contribution in [2.24, 2.45) is 5.73 Å². The zero-order valence-corrected chi connectivity index (χ0v) is 13.9. The van der Waals surface area contributed by atoms with Crippen LogP contribution < -0.4 is 10.5 Å². The summed E-state index contributed by atoms with van der Waals surface area (Å²) in [7, 11) is 0. The molecule has 0 radical (unpaired) electrons. The van der Waals surface area contributed by atoms with Gasteiger partial charge in [-0.2, -0.15) is 0 Å². The smallest absolute Gasteiger partial charge is 0.248 e. The van der Waals surface area contributed by atoms with E-state index in [1.54, 1.807) is 6.07 Å². The Morgan fingerprint density at radius 2 is 1.84 bits per heavy atom. The number of benzene rings is 2. The van der Waals surface area contributed by atoms with E-state index in [-0.39, 0.29) is 6.10 Å². The Morgan fingerprint density at radius 1 is 1.08 bits per heavy atom. The molecule has 1 saturated heterocycles. The van der Waals surface area contributed by atoms with Crippen molar-refractivity contribution >= 4 is 16.8 Å². The minimum absolute atomic E-state index is 0.227. The predicted octanol–water partition coefficient (Wildman–Crippen LogP) is 3.29. The lowest BCUT2D eigenvalue weighted by molar-refractivity contribution is 0.0256. The number of rotatable bonds is 4. The summed E-state index contributed by atoms with van der Waals surface area (Å²) in [6.07, 6.45) is 4.08. The highest BCUT2D eigenvalue weighted by molar-refractivity contribution is 5.97. The van der Waals surface area contributed by atoms with Crippen molar-refractivity contribution in [1.29, 1.82) is 0 Å². The molecule has 2 N–H and O–H groups in total. The molecule has 2 aromatic carbocycles. The Morgan fingerprint density at radius 3 is 2.56 bits per heavy atom. The van der Waals surface area contributed by atoms with Crippen molar-refractivity contribution < 1.29 is 14.3 Å². The van der Waals surface area contributed by atoms with Gasteiger partial charge in [-0.25, -0.2) is 0 Å². The molecule has 1 aliphatic rings. The number of nitrogens with zero attached hydrogens (tertiary/aromatic N) is 1. The molecule has 2 heterocycles. The van der Waals surface area contributed by atoms with E-state index in [1.807, 2.05) is 53.2 Å². The summed E-state index contributed by atoms with van der Waals surface area (Å²) in [4.78, 5) is 11.4. The molecule has 4 rings (SSSR count). The molecule has 1 amide bonds. The number of hydrogen-bond acceptors (Lipinski definition) is 3. The summed E-state index contributed by atoms with van der Waals surface area (Å²) in [6.45, 7) is 1.53. The van der Waals surface area contributed by atoms with E-state index in [1.165, 1.54) is 0 Å². The van der Waals surface area contributed by atoms with Gasteiger partial charge < -0.3 is 19.8 Å². The number of primary amides is 1. The molecule has 0 atom stereocenters. The maximum absolute atomic E-state index is 11.4. The fourth-order valence-corrected chi connectivity index (χ4v) is 3.18. The van der Waals surface area contributed by atoms with Gasteiger partial charge in [-0.3, -0.25) is 4.79 Å².